The quantitative estimate of drug-likeness (QED) is 0.415. The smallest absolute Gasteiger partial charge is 0.405 e. The number of rotatable bonds is 7. The molecule has 0 atom stereocenters. The van der Waals surface area contributed by atoms with E-state index in [1.54, 1.807) is 29.2 Å². The van der Waals surface area contributed by atoms with Crippen molar-refractivity contribution in [2.24, 2.45) is 0 Å². The van der Waals surface area contributed by atoms with E-state index in [2.05, 4.69) is 10.1 Å². The Hall–Kier alpha value is -4.06. The molecule has 1 aliphatic heterocycles. The molecule has 1 amide bonds. The van der Waals surface area contributed by atoms with Gasteiger partial charge in [-0.05, 0) is 17.7 Å². The van der Waals surface area contributed by atoms with Crippen LogP contribution in [0.3, 0.4) is 0 Å². The van der Waals surface area contributed by atoms with Crippen molar-refractivity contribution in [3.05, 3.63) is 54.6 Å². The second-order valence-electron chi connectivity index (χ2n) is 8.24. The summed E-state index contributed by atoms with van der Waals surface area (Å²) in [6, 6.07) is 9.15. The number of imidazole rings is 1. The van der Waals surface area contributed by atoms with Crippen LogP contribution in [-0.2, 0) is 4.74 Å². The summed E-state index contributed by atoms with van der Waals surface area (Å²) in [6.45, 7) is -0.164. The number of hydrogen-bond acceptors (Lipinski definition) is 6. The van der Waals surface area contributed by atoms with Crippen LogP contribution >= 0.6 is 0 Å². The monoisotopic (exact) mass is 501 g/mol. The van der Waals surface area contributed by atoms with Crippen molar-refractivity contribution in [1.82, 2.24) is 24.6 Å². The van der Waals surface area contributed by atoms with Crippen LogP contribution in [0.5, 0.6) is 11.5 Å². The van der Waals surface area contributed by atoms with Crippen LogP contribution in [0.15, 0.2) is 49.1 Å². The number of nitrogens with one attached hydrogen (secondary N) is 1. The third-order valence-electron chi connectivity index (χ3n) is 5.92. The van der Waals surface area contributed by atoms with E-state index >= 15 is 0 Å². The van der Waals surface area contributed by atoms with E-state index in [4.69, 9.17) is 14.2 Å². The Morgan fingerprint density at radius 2 is 1.86 bits per heavy atom. The minimum Gasteiger partial charge on any atom is -0.496 e. The Balaban J connectivity index is 1.48. The Bertz CT molecular complexity index is 1400. The van der Waals surface area contributed by atoms with Crippen molar-refractivity contribution in [2.75, 3.05) is 34.0 Å². The first kappa shape index (κ1) is 23.7. The number of fused-ring (bicyclic) bond motifs is 1. The van der Waals surface area contributed by atoms with Gasteiger partial charge in [0.25, 0.3) is 5.91 Å². The van der Waals surface area contributed by atoms with Crippen LogP contribution in [0.2, 0.25) is 0 Å². The van der Waals surface area contributed by atoms with Gasteiger partial charge in [-0.3, -0.25) is 14.0 Å². The number of carbonyl (C=O) groups excluding carboxylic acids is 1. The van der Waals surface area contributed by atoms with Gasteiger partial charge in [0.1, 0.15) is 29.9 Å². The summed E-state index contributed by atoms with van der Waals surface area (Å²) in [4.78, 5) is 17.0. The minimum absolute atomic E-state index is 0.0647. The lowest BCUT2D eigenvalue weighted by molar-refractivity contribution is -0.123. The van der Waals surface area contributed by atoms with Crippen LogP contribution in [-0.4, -0.2) is 65.4 Å². The SMILES string of the molecule is COc1cc(-n2cnc3cc(-c4cnn(C5COC5)c4)ccc32)cc(OC)c1C(=O)NCC(F)(F)F. The van der Waals surface area contributed by atoms with Crippen LogP contribution < -0.4 is 14.8 Å². The summed E-state index contributed by atoms with van der Waals surface area (Å²) in [5, 5.41) is 6.28. The van der Waals surface area contributed by atoms with Crippen molar-refractivity contribution in [2.45, 2.75) is 12.2 Å². The molecule has 0 aliphatic carbocycles. The van der Waals surface area contributed by atoms with Gasteiger partial charge in [0.2, 0.25) is 0 Å². The van der Waals surface area contributed by atoms with Gasteiger partial charge in [0.05, 0.1) is 56.4 Å². The highest BCUT2D eigenvalue weighted by atomic mass is 19.4. The molecule has 2 aromatic heterocycles. The molecule has 1 fully saturated rings. The highest BCUT2D eigenvalue weighted by molar-refractivity contribution is 6.00. The molecule has 0 unspecified atom stereocenters. The Morgan fingerprint density at radius 1 is 1.14 bits per heavy atom. The lowest BCUT2D eigenvalue weighted by atomic mass is 10.1. The van der Waals surface area contributed by atoms with Crippen molar-refractivity contribution in [1.29, 1.82) is 0 Å². The molecule has 3 heterocycles. The zero-order chi connectivity index (χ0) is 25.4. The molecule has 5 rings (SSSR count). The second kappa shape index (κ2) is 9.19. The summed E-state index contributed by atoms with van der Waals surface area (Å²) in [6.07, 6.45) is 0.842. The molecule has 4 aromatic rings. The van der Waals surface area contributed by atoms with E-state index in [0.717, 1.165) is 22.2 Å². The van der Waals surface area contributed by atoms with Crippen LogP contribution in [0.1, 0.15) is 16.4 Å². The average molecular weight is 501 g/mol. The Kier molecular flexibility index (Phi) is 6.04. The predicted octanol–water partition coefficient (Wildman–Crippen LogP) is 3.77. The molecule has 1 aliphatic rings. The largest absolute Gasteiger partial charge is 0.496 e. The van der Waals surface area contributed by atoms with E-state index in [0.29, 0.717) is 18.9 Å². The van der Waals surface area contributed by atoms with E-state index in [1.807, 2.05) is 34.4 Å². The second-order valence-corrected chi connectivity index (χ2v) is 8.24. The fourth-order valence-electron chi connectivity index (χ4n) is 3.99. The zero-order valence-corrected chi connectivity index (χ0v) is 19.4. The van der Waals surface area contributed by atoms with Gasteiger partial charge in [-0.25, -0.2) is 4.98 Å². The molecule has 12 heteroatoms. The summed E-state index contributed by atoms with van der Waals surface area (Å²) in [5.41, 5.74) is 3.83. The van der Waals surface area contributed by atoms with E-state index in [-0.39, 0.29) is 23.1 Å². The number of methoxy groups -OCH3 is 2. The van der Waals surface area contributed by atoms with Crippen LogP contribution in [0.4, 0.5) is 13.2 Å². The van der Waals surface area contributed by atoms with Gasteiger partial charge in [-0.1, -0.05) is 6.07 Å². The zero-order valence-electron chi connectivity index (χ0n) is 19.4. The van der Waals surface area contributed by atoms with Gasteiger partial charge in [-0.2, -0.15) is 18.3 Å². The van der Waals surface area contributed by atoms with Gasteiger partial charge in [-0.15, -0.1) is 0 Å². The normalized spacial score (nSPS) is 14.0. The van der Waals surface area contributed by atoms with Crippen LogP contribution in [0, 0.1) is 0 Å². The summed E-state index contributed by atoms with van der Waals surface area (Å²) in [7, 11) is 2.65. The maximum atomic E-state index is 12.6. The number of amides is 1. The fraction of sp³-hybridized carbons (Fsp3) is 0.292. The first-order valence-corrected chi connectivity index (χ1v) is 11.0. The summed E-state index contributed by atoms with van der Waals surface area (Å²) < 4.78 is 57.3. The predicted molar refractivity (Wildman–Crippen MR) is 124 cm³/mol. The Labute approximate surface area is 203 Å². The number of nitrogens with zero attached hydrogens (tertiary/aromatic N) is 4. The van der Waals surface area contributed by atoms with E-state index in [9.17, 15) is 18.0 Å². The number of benzene rings is 2. The van der Waals surface area contributed by atoms with Crippen LogP contribution in [0.25, 0.3) is 27.8 Å². The molecule has 0 saturated carbocycles. The molecule has 0 bridgehead atoms. The molecule has 9 nitrogen and oxygen atoms in total. The number of carbonyl (C=O) groups is 1. The average Bonchev–Trinajstić information content (AvgIpc) is 3.47. The highest BCUT2D eigenvalue weighted by Gasteiger charge is 2.30. The molecule has 188 valence electrons. The number of alkyl halides is 3. The van der Waals surface area contributed by atoms with E-state index < -0.39 is 18.6 Å². The first-order valence-electron chi connectivity index (χ1n) is 11.0. The lowest BCUT2D eigenvalue weighted by Gasteiger charge is -2.25. The molecule has 0 spiro atoms. The maximum Gasteiger partial charge on any atom is 0.405 e. The lowest BCUT2D eigenvalue weighted by Crippen LogP contribution is -2.34. The molecule has 1 N–H and O–H groups in total. The molecule has 2 aromatic carbocycles. The maximum absolute atomic E-state index is 12.6. The standard InChI is InChI=1S/C24H22F3N5O4/c1-34-20-6-16(7-21(35-2)22(20)23(33)28-12-24(25,26)27)31-13-29-18-5-14(3-4-19(18)31)15-8-30-32(9-15)17-10-36-11-17/h3-9,13,17H,10-12H2,1-2H3,(H,28,33). The number of ether oxygens (including phenoxy) is 3. The Morgan fingerprint density at radius 3 is 2.47 bits per heavy atom. The third kappa shape index (κ3) is 4.47. The third-order valence-corrected chi connectivity index (χ3v) is 5.92. The number of hydrogen-bond donors (Lipinski definition) is 1. The van der Waals surface area contributed by atoms with Crippen molar-refractivity contribution < 1.29 is 32.2 Å². The summed E-state index contributed by atoms with van der Waals surface area (Å²) >= 11 is 0. The minimum atomic E-state index is -4.55. The topological polar surface area (TPSA) is 92.4 Å². The van der Waals surface area contributed by atoms with Gasteiger partial charge >= 0.3 is 6.18 Å². The first-order chi connectivity index (χ1) is 17.3. The molecule has 1 saturated heterocycles. The summed E-state index contributed by atoms with van der Waals surface area (Å²) in [5.74, 6) is -0.827. The van der Waals surface area contributed by atoms with Crippen molar-refractivity contribution >= 4 is 16.9 Å². The molecule has 36 heavy (non-hydrogen) atoms. The van der Waals surface area contributed by atoms with Gasteiger partial charge < -0.3 is 19.5 Å². The van der Waals surface area contributed by atoms with Crippen molar-refractivity contribution in [3.63, 3.8) is 0 Å². The number of halogens is 3. The van der Waals surface area contributed by atoms with E-state index in [1.165, 1.54) is 14.2 Å². The molecular weight excluding hydrogens is 479 g/mol. The van der Waals surface area contributed by atoms with Gasteiger partial charge in [0, 0.05) is 23.9 Å². The fourth-order valence-corrected chi connectivity index (χ4v) is 3.99. The molecule has 0 radical (unpaired) electrons. The van der Waals surface area contributed by atoms with Crippen molar-refractivity contribution in [3.8, 4) is 28.3 Å². The number of aromatic nitrogens is 4. The highest BCUT2D eigenvalue weighted by Crippen LogP contribution is 2.34. The molecular formula is C24H22F3N5O4. The van der Waals surface area contributed by atoms with Gasteiger partial charge in [0.15, 0.2) is 0 Å².